The van der Waals surface area contributed by atoms with Crippen molar-refractivity contribution in [2.75, 3.05) is 4.72 Å². The number of para-hydroxylation sites is 1. The van der Waals surface area contributed by atoms with Crippen molar-refractivity contribution in [2.45, 2.75) is 11.8 Å². The summed E-state index contributed by atoms with van der Waals surface area (Å²) in [5.74, 6) is 0. The number of nitrogens with one attached hydrogen (secondary N) is 1. The summed E-state index contributed by atoms with van der Waals surface area (Å²) in [5, 5.41) is 0.891. The van der Waals surface area contributed by atoms with Crippen LogP contribution in [0.5, 0.6) is 0 Å². The molecule has 0 unspecified atom stereocenters. The van der Waals surface area contributed by atoms with Gasteiger partial charge in [0.1, 0.15) is 0 Å². The minimum atomic E-state index is -3.63. The summed E-state index contributed by atoms with van der Waals surface area (Å²) in [6, 6.07) is 16.0. The zero-order valence-electron chi connectivity index (χ0n) is 12.2. The van der Waals surface area contributed by atoms with Gasteiger partial charge in [0.2, 0.25) is 0 Å². The second-order valence-corrected chi connectivity index (χ2v) is 6.40. The monoisotopic (exact) mass is 412 g/mol. The van der Waals surface area contributed by atoms with Crippen molar-refractivity contribution in [1.29, 1.82) is 0 Å². The zero-order chi connectivity index (χ0) is 14.9. The number of sulfonamides is 1. The van der Waals surface area contributed by atoms with E-state index in [9.17, 15) is 8.42 Å². The minimum Gasteiger partial charge on any atom is -0.277 e. The van der Waals surface area contributed by atoms with Gasteiger partial charge in [0.05, 0.1) is 16.1 Å². The zero-order valence-corrected chi connectivity index (χ0v) is 17.0. The number of hydrogen-bond acceptors (Lipinski definition) is 3. The molecular weight excluding hydrogens is 397 g/mol. The molecule has 0 bridgehead atoms. The number of rotatable bonds is 3. The van der Waals surface area contributed by atoms with Gasteiger partial charge in [-0.2, -0.15) is 0 Å². The van der Waals surface area contributed by atoms with Crippen molar-refractivity contribution >= 4 is 26.6 Å². The molecule has 2 aromatic carbocycles. The van der Waals surface area contributed by atoms with Crippen LogP contribution in [0, 0.1) is 6.92 Å². The van der Waals surface area contributed by atoms with Crippen LogP contribution >= 0.6 is 0 Å². The first-order valence-electron chi connectivity index (χ1n) is 6.50. The van der Waals surface area contributed by atoms with Crippen LogP contribution in [0.15, 0.2) is 65.7 Å². The summed E-state index contributed by atoms with van der Waals surface area (Å²) < 4.78 is 27.7. The molecule has 3 rings (SSSR count). The third kappa shape index (κ3) is 3.30. The predicted molar refractivity (Wildman–Crippen MR) is 83.7 cm³/mol. The van der Waals surface area contributed by atoms with Gasteiger partial charge in [-0.3, -0.25) is 9.71 Å². The quantitative estimate of drug-likeness (QED) is 0.674. The van der Waals surface area contributed by atoms with Crippen molar-refractivity contribution in [3.05, 3.63) is 66.4 Å². The van der Waals surface area contributed by atoms with Gasteiger partial charge in [-0.15, -0.1) is 0 Å². The first-order chi connectivity index (χ1) is 10.1. The van der Waals surface area contributed by atoms with E-state index in [0.29, 0.717) is 16.8 Å². The molecule has 0 aliphatic carbocycles. The maximum atomic E-state index is 12.5. The van der Waals surface area contributed by atoms with Crippen molar-refractivity contribution in [1.82, 2.24) is 4.98 Å². The van der Waals surface area contributed by atoms with Crippen LogP contribution < -0.4 is 4.72 Å². The number of aryl methyl sites for hydroxylation is 1. The fourth-order valence-corrected chi connectivity index (χ4v) is 3.56. The molecule has 3 aromatic rings. The molecular formula is C16H14CdN2O2S. The molecule has 0 fully saturated rings. The van der Waals surface area contributed by atoms with Gasteiger partial charge in [0, 0.05) is 38.9 Å². The first kappa shape index (κ1) is 16.9. The van der Waals surface area contributed by atoms with E-state index in [-0.39, 0.29) is 32.2 Å². The van der Waals surface area contributed by atoms with Crippen LogP contribution in [0.25, 0.3) is 10.9 Å². The van der Waals surface area contributed by atoms with Gasteiger partial charge < -0.3 is 0 Å². The molecule has 0 radical (unpaired) electrons. The Hall–Kier alpha value is -1.48. The standard InChI is InChI=1S/C16H14N2O2S.Cd/c1-12-6-2-3-10-15(12)21(19,20)18-14-9-4-7-13-8-5-11-17-16(13)14;/h2-11,18H,1H3;. The van der Waals surface area contributed by atoms with Gasteiger partial charge in [-0.05, 0) is 30.7 Å². The van der Waals surface area contributed by atoms with E-state index in [4.69, 9.17) is 0 Å². The molecule has 108 valence electrons. The molecule has 0 aliphatic heterocycles. The molecule has 0 saturated heterocycles. The Morgan fingerprint density at radius 1 is 0.955 bits per heavy atom. The predicted octanol–water partition coefficient (Wildman–Crippen LogP) is 3.34. The van der Waals surface area contributed by atoms with E-state index in [1.807, 2.05) is 24.3 Å². The maximum absolute atomic E-state index is 12.5. The van der Waals surface area contributed by atoms with Gasteiger partial charge in [-0.1, -0.05) is 36.4 Å². The Kier molecular flexibility index (Phi) is 5.17. The fourth-order valence-electron chi connectivity index (χ4n) is 2.24. The molecule has 0 spiro atoms. The number of pyridine rings is 1. The average molecular weight is 411 g/mol. The van der Waals surface area contributed by atoms with E-state index < -0.39 is 10.0 Å². The van der Waals surface area contributed by atoms with Crippen LogP contribution in [-0.2, 0) is 37.3 Å². The SMILES string of the molecule is Cc1ccccc1S(=O)(=O)Nc1cccc2cccnc12.[Cd]. The van der Waals surface area contributed by atoms with Crippen LogP contribution in [-0.4, -0.2) is 13.4 Å². The third-order valence-corrected chi connectivity index (χ3v) is 4.79. The van der Waals surface area contributed by atoms with Crippen LogP contribution in [0.4, 0.5) is 5.69 Å². The number of anilines is 1. The van der Waals surface area contributed by atoms with Crippen LogP contribution in [0.3, 0.4) is 0 Å². The number of nitrogens with zero attached hydrogens (tertiary/aromatic N) is 1. The summed E-state index contributed by atoms with van der Waals surface area (Å²) in [4.78, 5) is 4.53. The summed E-state index contributed by atoms with van der Waals surface area (Å²) in [7, 11) is -3.63. The Labute approximate surface area is 149 Å². The Balaban J connectivity index is 0.00000176. The van der Waals surface area contributed by atoms with E-state index in [2.05, 4.69) is 9.71 Å². The molecule has 1 aromatic heterocycles. The van der Waals surface area contributed by atoms with Gasteiger partial charge in [0.25, 0.3) is 10.0 Å². The molecule has 0 amide bonds. The van der Waals surface area contributed by atoms with Crippen molar-refractivity contribution in [2.24, 2.45) is 0 Å². The molecule has 1 N–H and O–H groups in total. The second-order valence-electron chi connectivity index (χ2n) is 4.75. The average Bonchev–Trinajstić information content (AvgIpc) is 2.47. The number of benzene rings is 2. The normalized spacial score (nSPS) is 11.0. The molecule has 22 heavy (non-hydrogen) atoms. The van der Waals surface area contributed by atoms with Crippen LogP contribution in [0.1, 0.15) is 5.56 Å². The van der Waals surface area contributed by atoms with Gasteiger partial charge in [0.15, 0.2) is 0 Å². The van der Waals surface area contributed by atoms with Gasteiger partial charge in [-0.25, -0.2) is 8.42 Å². The molecule has 0 saturated carbocycles. The summed E-state index contributed by atoms with van der Waals surface area (Å²) >= 11 is 0. The third-order valence-electron chi connectivity index (χ3n) is 3.26. The van der Waals surface area contributed by atoms with E-state index in [1.165, 1.54) is 0 Å². The Bertz CT molecular complexity index is 905. The second kappa shape index (κ2) is 6.74. The number of fused-ring (bicyclic) bond motifs is 1. The van der Waals surface area contributed by atoms with Crippen molar-refractivity contribution in [3.63, 3.8) is 0 Å². The fraction of sp³-hybridized carbons (Fsp3) is 0.0625. The van der Waals surface area contributed by atoms with Crippen molar-refractivity contribution < 1.29 is 35.7 Å². The minimum absolute atomic E-state index is 0. The molecule has 4 nitrogen and oxygen atoms in total. The number of aromatic nitrogens is 1. The molecule has 1 heterocycles. The maximum Gasteiger partial charge on any atom is 0.262 e. The Morgan fingerprint density at radius 3 is 2.45 bits per heavy atom. The number of hydrogen-bond donors (Lipinski definition) is 1. The summed E-state index contributed by atoms with van der Waals surface area (Å²) in [6.45, 7) is 1.77. The molecule has 0 atom stereocenters. The largest absolute Gasteiger partial charge is 0.277 e. The molecule has 0 aliphatic rings. The van der Waals surface area contributed by atoms with E-state index >= 15 is 0 Å². The van der Waals surface area contributed by atoms with Crippen LogP contribution in [0.2, 0.25) is 0 Å². The topological polar surface area (TPSA) is 59.1 Å². The first-order valence-corrected chi connectivity index (χ1v) is 7.98. The molecule has 6 heteroatoms. The summed E-state index contributed by atoms with van der Waals surface area (Å²) in [6.07, 6.45) is 1.65. The smallest absolute Gasteiger partial charge is 0.262 e. The van der Waals surface area contributed by atoms with E-state index in [0.717, 1.165) is 5.39 Å². The van der Waals surface area contributed by atoms with Gasteiger partial charge >= 0.3 is 0 Å². The Morgan fingerprint density at radius 2 is 1.68 bits per heavy atom. The summed E-state index contributed by atoms with van der Waals surface area (Å²) in [5.41, 5.74) is 1.83. The van der Waals surface area contributed by atoms with Crippen molar-refractivity contribution in [3.8, 4) is 0 Å². The van der Waals surface area contributed by atoms with E-state index in [1.54, 1.807) is 43.5 Å².